The first kappa shape index (κ1) is 19.5. The lowest BCUT2D eigenvalue weighted by Gasteiger charge is -2.27. The first-order valence-electron chi connectivity index (χ1n) is 8.05. The number of aliphatic imine (C=N–C) groups is 1. The molecule has 1 aromatic heterocycles. The second-order valence-corrected chi connectivity index (χ2v) is 6.94. The maximum Gasteiger partial charge on any atom is 0.338 e. The van der Waals surface area contributed by atoms with Crippen molar-refractivity contribution in [3.05, 3.63) is 62.5 Å². The third-order valence-corrected chi connectivity index (χ3v) is 5.09. The van der Waals surface area contributed by atoms with E-state index in [2.05, 4.69) is 15.3 Å². The van der Waals surface area contributed by atoms with E-state index in [1.807, 2.05) is 5.38 Å². The highest BCUT2D eigenvalue weighted by molar-refractivity contribution is 7.11. The van der Waals surface area contributed by atoms with Gasteiger partial charge in [0.15, 0.2) is 10.8 Å². The van der Waals surface area contributed by atoms with Crippen LogP contribution in [0.25, 0.3) is 0 Å². The summed E-state index contributed by atoms with van der Waals surface area (Å²) in [4.78, 5) is 21.4. The summed E-state index contributed by atoms with van der Waals surface area (Å²) in [6.07, 6.45) is 2.10. The number of carbonyl (C=O) groups excluding carboxylic acids is 1. The summed E-state index contributed by atoms with van der Waals surface area (Å²) < 4.78 is 23.6. The topological polar surface area (TPSA) is 72.8 Å². The second kappa shape index (κ2) is 8.60. The molecular formula is C18H17ClFN3O3S. The molecule has 1 aliphatic heterocycles. The number of esters is 1. The minimum absolute atomic E-state index is 0.177. The number of nitrogens with zero attached hydrogens (tertiary/aromatic N) is 2. The molecule has 2 heterocycles. The molecule has 0 amide bonds. The molecule has 142 valence electrons. The highest BCUT2D eigenvalue weighted by Gasteiger charge is 2.33. The number of rotatable bonds is 6. The molecule has 1 aliphatic rings. The van der Waals surface area contributed by atoms with Crippen molar-refractivity contribution < 1.29 is 18.7 Å². The van der Waals surface area contributed by atoms with Gasteiger partial charge in [0.25, 0.3) is 0 Å². The van der Waals surface area contributed by atoms with E-state index < -0.39 is 17.8 Å². The molecule has 1 unspecified atom stereocenters. The second-order valence-electron chi connectivity index (χ2n) is 5.63. The molecule has 0 saturated heterocycles. The molecule has 1 aromatic carbocycles. The molecule has 1 N–H and O–H groups in total. The number of hydrogen-bond donors (Lipinski definition) is 1. The third kappa shape index (κ3) is 4.18. The zero-order valence-corrected chi connectivity index (χ0v) is 16.2. The van der Waals surface area contributed by atoms with Crippen LogP contribution in [-0.2, 0) is 14.3 Å². The van der Waals surface area contributed by atoms with Crippen LogP contribution in [-0.4, -0.2) is 37.6 Å². The van der Waals surface area contributed by atoms with Gasteiger partial charge in [-0.25, -0.2) is 14.2 Å². The van der Waals surface area contributed by atoms with E-state index in [4.69, 9.17) is 21.1 Å². The summed E-state index contributed by atoms with van der Waals surface area (Å²) >= 11 is 7.67. The Bertz CT molecular complexity index is 899. The van der Waals surface area contributed by atoms with Crippen molar-refractivity contribution in [3.8, 4) is 0 Å². The van der Waals surface area contributed by atoms with Gasteiger partial charge in [-0.2, -0.15) is 0 Å². The fourth-order valence-corrected chi connectivity index (χ4v) is 3.60. The lowest BCUT2D eigenvalue weighted by molar-refractivity contribution is -0.136. The summed E-state index contributed by atoms with van der Waals surface area (Å²) in [6, 6.07) is 3.25. The molecule has 0 bridgehead atoms. The Hall–Kier alpha value is -2.29. The van der Waals surface area contributed by atoms with Gasteiger partial charge in [-0.3, -0.25) is 4.99 Å². The van der Waals surface area contributed by atoms with Gasteiger partial charge >= 0.3 is 5.97 Å². The van der Waals surface area contributed by atoms with E-state index >= 15 is 0 Å². The van der Waals surface area contributed by atoms with Crippen molar-refractivity contribution in [3.63, 3.8) is 0 Å². The molecular weight excluding hydrogens is 393 g/mol. The molecule has 9 heteroatoms. The quantitative estimate of drug-likeness (QED) is 0.739. The minimum atomic E-state index is -0.752. The van der Waals surface area contributed by atoms with Crippen LogP contribution in [0.4, 0.5) is 4.39 Å². The maximum absolute atomic E-state index is 13.5. The monoisotopic (exact) mass is 409 g/mol. The van der Waals surface area contributed by atoms with Crippen molar-refractivity contribution in [1.82, 2.24) is 10.3 Å². The Balaban J connectivity index is 2.15. The number of amidine groups is 1. The first-order chi connectivity index (χ1) is 13.0. The highest BCUT2D eigenvalue weighted by Crippen LogP contribution is 2.37. The molecule has 3 rings (SSSR count). The molecule has 0 fully saturated rings. The lowest BCUT2D eigenvalue weighted by atomic mass is 9.94. The molecule has 0 saturated carbocycles. The smallest absolute Gasteiger partial charge is 0.338 e. The number of hydrogen-bond acceptors (Lipinski definition) is 7. The Morgan fingerprint density at radius 2 is 2.22 bits per heavy atom. The van der Waals surface area contributed by atoms with Crippen LogP contribution in [0.3, 0.4) is 0 Å². The molecule has 6 nitrogen and oxygen atoms in total. The summed E-state index contributed by atoms with van der Waals surface area (Å²) in [5.74, 6) is -0.500. The predicted molar refractivity (Wildman–Crippen MR) is 101 cm³/mol. The van der Waals surface area contributed by atoms with Crippen molar-refractivity contribution in [2.24, 2.45) is 4.99 Å². The van der Waals surface area contributed by atoms with Crippen LogP contribution >= 0.6 is 22.9 Å². The van der Waals surface area contributed by atoms with Crippen molar-refractivity contribution in [2.45, 2.75) is 12.5 Å². The fraction of sp³-hybridized carbons (Fsp3) is 0.278. The number of nitrogens with one attached hydrogen (secondary N) is 1. The maximum atomic E-state index is 13.5. The molecule has 1 atom stereocenters. The van der Waals surface area contributed by atoms with Crippen LogP contribution in [0.1, 0.15) is 23.0 Å². The Kier molecular flexibility index (Phi) is 6.20. The molecule has 0 radical (unpaired) electrons. The van der Waals surface area contributed by atoms with Gasteiger partial charge in [-0.1, -0.05) is 17.7 Å². The Morgan fingerprint density at radius 1 is 1.41 bits per heavy atom. The van der Waals surface area contributed by atoms with Gasteiger partial charge in [0.2, 0.25) is 0 Å². The fourth-order valence-electron chi connectivity index (χ4n) is 2.74. The number of halogens is 2. The van der Waals surface area contributed by atoms with Gasteiger partial charge in [0.05, 0.1) is 19.3 Å². The van der Waals surface area contributed by atoms with Crippen LogP contribution in [0.15, 0.2) is 46.0 Å². The molecule has 27 heavy (non-hydrogen) atoms. The van der Waals surface area contributed by atoms with E-state index in [0.717, 1.165) is 0 Å². The van der Waals surface area contributed by atoms with E-state index in [1.165, 1.54) is 36.6 Å². The average Bonchev–Trinajstić information content (AvgIpc) is 3.20. The summed E-state index contributed by atoms with van der Waals surface area (Å²) in [5.41, 5.74) is 1.42. The Labute approximate surface area is 164 Å². The van der Waals surface area contributed by atoms with Crippen LogP contribution in [0.2, 0.25) is 5.02 Å². The van der Waals surface area contributed by atoms with Gasteiger partial charge < -0.3 is 14.8 Å². The van der Waals surface area contributed by atoms with Gasteiger partial charge in [-0.05, 0) is 12.1 Å². The molecule has 0 spiro atoms. The number of carbonyl (C=O) groups is 1. The third-order valence-electron chi connectivity index (χ3n) is 3.98. The van der Waals surface area contributed by atoms with Crippen molar-refractivity contribution in [1.29, 1.82) is 0 Å². The van der Waals surface area contributed by atoms with E-state index in [1.54, 1.807) is 13.3 Å². The van der Waals surface area contributed by atoms with E-state index in [-0.39, 0.29) is 5.02 Å². The van der Waals surface area contributed by atoms with Crippen molar-refractivity contribution in [2.75, 3.05) is 20.8 Å². The normalized spacial score (nSPS) is 16.7. The summed E-state index contributed by atoms with van der Waals surface area (Å²) in [5, 5.41) is 5.83. The number of benzene rings is 1. The minimum Gasteiger partial charge on any atom is -0.466 e. The molecule has 2 aromatic rings. The lowest BCUT2D eigenvalue weighted by Crippen LogP contribution is -2.34. The SMILES string of the molecule is COCCC1=C(C(=O)OC)C(c2ccc(F)cc2Cl)N=C(c2nccs2)N1. The van der Waals surface area contributed by atoms with Gasteiger partial charge in [-0.15, -0.1) is 11.3 Å². The number of methoxy groups -OCH3 is 2. The standard InChI is InChI=1S/C18H17ClFN3O3S/c1-25-7-5-13-14(18(24)26-2)15(11-4-3-10(20)9-12(11)19)23-16(22-13)17-21-6-8-27-17/h3-4,6,8-9,15H,5,7H2,1-2H3,(H,22,23). The zero-order valence-electron chi connectivity index (χ0n) is 14.7. The highest BCUT2D eigenvalue weighted by atomic mass is 35.5. The summed E-state index contributed by atoms with van der Waals surface area (Å²) in [7, 11) is 2.87. The van der Waals surface area contributed by atoms with Gasteiger partial charge in [0.1, 0.15) is 11.9 Å². The van der Waals surface area contributed by atoms with Crippen LogP contribution in [0.5, 0.6) is 0 Å². The number of ether oxygens (including phenoxy) is 2. The first-order valence-corrected chi connectivity index (χ1v) is 9.30. The van der Waals surface area contributed by atoms with Crippen molar-refractivity contribution >= 4 is 34.7 Å². The van der Waals surface area contributed by atoms with Crippen LogP contribution < -0.4 is 5.32 Å². The number of aromatic nitrogens is 1. The van der Waals surface area contributed by atoms with E-state index in [9.17, 15) is 9.18 Å². The van der Waals surface area contributed by atoms with Gasteiger partial charge in [0, 0.05) is 41.4 Å². The summed E-state index contributed by atoms with van der Waals surface area (Å²) in [6.45, 7) is 0.387. The largest absolute Gasteiger partial charge is 0.466 e. The number of thiazole rings is 1. The van der Waals surface area contributed by atoms with Crippen LogP contribution in [0, 0.1) is 5.82 Å². The average molecular weight is 410 g/mol. The van der Waals surface area contributed by atoms with E-state index in [0.29, 0.717) is 40.7 Å². The zero-order chi connectivity index (χ0) is 19.4. The predicted octanol–water partition coefficient (Wildman–Crippen LogP) is 3.49. The Morgan fingerprint density at radius 3 is 2.85 bits per heavy atom. The molecule has 0 aliphatic carbocycles.